The lowest BCUT2D eigenvalue weighted by atomic mass is 10.1. The van der Waals surface area contributed by atoms with E-state index >= 15 is 0 Å². The van der Waals surface area contributed by atoms with Crippen molar-refractivity contribution in [2.45, 2.75) is 6.42 Å². The van der Waals surface area contributed by atoms with E-state index in [1.807, 2.05) is 30.3 Å². The first-order valence-electron chi connectivity index (χ1n) is 6.25. The highest BCUT2D eigenvalue weighted by atomic mass is 32.1. The molecule has 0 atom stereocenters. The zero-order valence-electron chi connectivity index (χ0n) is 10.7. The lowest BCUT2D eigenvalue weighted by Crippen LogP contribution is -2.00. The number of nitrogens with two attached hydrogens (primary N) is 1. The molecule has 0 aliphatic carbocycles. The molecule has 0 unspecified atom stereocenters. The molecule has 3 N–H and O–H groups in total. The zero-order valence-corrected chi connectivity index (χ0v) is 11.6. The molecule has 2 heterocycles. The molecule has 0 amide bonds. The van der Waals surface area contributed by atoms with Crippen molar-refractivity contribution in [1.82, 2.24) is 15.4 Å². The van der Waals surface area contributed by atoms with Crippen LogP contribution in [0.2, 0.25) is 0 Å². The second-order valence-corrected chi connectivity index (χ2v) is 5.30. The van der Waals surface area contributed by atoms with Gasteiger partial charge in [0, 0.05) is 16.9 Å². The van der Waals surface area contributed by atoms with Crippen molar-refractivity contribution in [2.75, 3.05) is 12.3 Å². The van der Waals surface area contributed by atoms with Crippen LogP contribution in [-0.4, -0.2) is 22.0 Å². The number of H-pyrrole nitrogens is 1. The lowest BCUT2D eigenvalue weighted by molar-refractivity contribution is 0.323. The normalized spacial score (nSPS) is 10.6. The first-order valence-corrected chi connectivity index (χ1v) is 7.13. The smallest absolute Gasteiger partial charge is 0.173 e. The highest BCUT2D eigenvalue weighted by Crippen LogP contribution is 2.25. The minimum Gasteiger partial charge on any atom is -0.493 e. The highest BCUT2D eigenvalue weighted by Gasteiger charge is 2.07. The van der Waals surface area contributed by atoms with E-state index in [0.29, 0.717) is 18.1 Å². The maximum absolute atomic E-state index is 5.77. The van der Waals surface area contributed by atoms with Crippen LogP contribution in [0.1, 0.15) is 4.88 Å². The van der Waals surface area contributed by atoms with Gasteiger partial charge in [0.05, 0.1) is 6.61 Å². The molecule has 0 spiro atoms. The number of ether oxygens (including phenoxy) is 1. The molecule has 102 valence electrons. The van der Waals surface area contributed by atoms with Crippen LogP contribution in [0.4, 0.5) is 5.82 Å². The van der Waals surface area contributed by atoms with Crippen LogP contribution >= 0.6 is 11.3 Å². The van der Waals surface area contributed by atoms with Gasteiger partial charge in [0.1, 0.15) is 11.4 Å². The SMILES string of the molecule is Nc1n[nH]nc1-c1cccc(OCCc2cccs2)c1. The number of aromatic nitrogens is 3. The molecule has 0 bridgehead atoms. The van der Waals surface area contributed by atoms with Gasteiger partial charge in [-0.15, -0.1) is 16.4 Å². The van der Waals surface area contributed by atoms with E-state index in [4.69, 9.17) is 10.5 Å². The highest BCUT2D eigenvalue weighted by molar-refractivity contribution is 7.09. The van der Waals surface area contributed by atoms with Crippen molar-refractivity contribution in [1.29, 1.82) is 0 Å². The van der Waals surface area contributed by atoms with Gasteiger partial charge < -0.3 is 10.5 Å². The van der Waals surface area contributed by atoms with Crippen molar-refractivity contribution < 1.29 is 4.74 Å². The molecule has 5 nitrogen and oxygen atoms in total. The maximum atomic E-state index is 5.77. The summed E-state index contributed by atoms with van der Waals surface area (Å²) in [6.07, 6.45) is 0.911. The fourth-order valence-corrected chi connectivity index (χ4v) is 2.60. The molecular weight excluding hydrogens is 272 g/mol. The average molecular weight is 286 g/mol. The van der Waals surface area contributed by atoms with E-state index in [1.54, 1.807) is 11.3 Å². The van der Waals surface area contributed by atoms with Crippen LogP contribution in [0.3, 0.4) is 0 Å². The molecule has 6 heteroatoms. The summed E-state index contributed by atoms with van der Waals surface area (Å²) in [4.78, 5) is 1.32. The van der Waals surface area contributed by atoms with Crippen molar-refractivity contribution in [3.05, 3.63) is 46.7 Å². The van der Waals surface area contributed by atoms with Crippen molar-refractivity contribution in [2.24, 2.45) is 0 Å². The maximum Gasteiger partial charge on any atom is 0.173 e. The molecule has 0 aliphatic heterocycles. The van der Waals surface area contributed by atoms with Crippen molar-refractivity contribution >= 4 is 17.2 Å². The third-order valence-corrected chi connectivity index (χ3v) is 3.82. The summed E-state index contributed by atoms with van der Waals surface area (Å²) in [7, 11) is 0. The number of rotatable bonds is 5. The van der Waals surface area contributed by atoms with E-state index in [2.05, 4.69) is 26.9 Å². The van der Waals surface area contributed by atoms with Gasteiger partial charge in [-0.25, -0.2) is 0 Å². The van der Waals surface area contributed by atoms with Crippen LogP contribution in [0.15, 0.2) is 41.8 Å². The molecule has 0 saturated carbocycles. The standard InChI is InChI=1S/C14H14N4OS/c15-14-13(16-18-17-14)10-3-1-4-11(9-10)19-7-6-12-5-2-8-20-12/h1-5,8-9H,6-7H2,(H3,15,16,17,18). The summed E-state index contributed by atoms with van der Waals surface area (Å²) in [5, 5.41) is 12.4. The molecule has 0 saturated heterocycles. The van der Waals surface area contributed by atoms with E-state index in [9.17, 15) is 0 Å². The Morgan fingerprint density at radius 2 is 2.15 bits per heavy atom. The summed E-state index contributed by atoms with van der Waals surface area (Å²) in [6, 6.07) is 11.9. The number of nitrogens with zero attached hydrogens (tertiary/aromatic N) is 2. The van der Waals surface area contributed by atoms with E-state index in [-0.39, 0.29) is 0 Å². The number of aromatic amines is 1. The third-order valence-electron chi connectivity index (χ3n) is 2.88. The molecule has 20 heavy (non-hydrogen) atoms. The van der Waals surface area contributed by atoms with Gasteiger partial charge in [-0.2, -0.15) is 10.3 Å². The molecule has 3 aromatic rings. The number of nitrogen functional groups attached to an aromatic ring is 1. The molecule has 0 aliphatic rings. The molecular formula is C14H14N4OS. The van der Waals surface area contributed by atoms with E-state index < -0.39 is 0 Å². The van der Waals surface area contributed by atoms with Gasteiger partial charge in [0.15, 0.2) is 5.82 Å². The molecule has 2 aromatic heterocycles. The van der Waals surface area contributed by atoms with Gasteiger partial charge in [-0.05, 0) is 23.6 Å². The largest absolute Gasteiger partial charge is 0.493 e. The molecule has 0 fully saturated rings. The van der Waals surface area contributed by atoms with Gasteiger partial charge in [0.2, 0.25) is 0 Å². The van der Waals surface area contributed by atoms with Crippen LogP contribution in [0.25, 0.3) is 11.3 Å². The average Bonchev–Trinajstić information content (AvgIpc) is 3.11. The van der Waals surface area contributed by atoms with Crippen LogP contribution in [-0.2, 0) is 6.42 Å². The number of hydrogen-bond donors (Lipinski definition) is 2. The fraction of sp³-hybridized carbons (Fsp3) is 0.143. The van der Waals surface area contributed by atoms with Gasteiger partial charge in [-0.3, -0.25) is 0 Å². The Kier molecular flexibility index (Phi) is 3.64. The number of thiophene rings is 1. The van der Waals surface area contributed by atoms with Crippen LogP contribution < -0.4 is 10.5 Å². The number of hydrogen-bond acceptors (Lipinski definition) is 5. The molecule has 3 rings (SSSR count). The number of nitrogens with one attached hydrogen (secondary N) is 1. The monoisotopic (exact) mass is 286 g/mol. The van der Waals surface area contributed by atoms with Crippen molar-refractivity contribution in [3.8, 4) is 17.0 Å². The summed E-state index contributed by atoms with van der Waals surface area (Å²) in [5.74, 6) is 1.20. The Morgan fingerprint density at radius 3 is 2.90 bits per heavy atom. The second-order valence-electron chi connectivity index (χ2n) is 4.26. The Bertz CT molecular complexity index is 678. The van der Waals surface area contributed by atoms with E-state index in [0.717, 1.165) is 17.7 Å². The van der Waals surface area contributed by atoms with Gasteiger partial charge in [-0.1, -0.05) is 18.2 Å². The Morgan fingerprint density at radius 1 is 1.20 bits per heavy atom. The minimum absolute atomic E-state index is 0.390. The second kappa shape index (κ2) is 5.75. The van der Waals surface area contributed by atoms with Gasteiger partial charge in [0.25, 0.3) is 0 Å². The van der Waals surface area contributed by atoms with Crippen LogP contribution in [0.5, 0.6) is 5.75 Å². The quantitative estimate of drug-likeness (QED) is 0.756. The van der Waals surface area contributed by atoms with E-state index in [1.165, 1.54) is 4.88 Å². The predicted octanol–water partition coefficient (Wildman–Crippen LogP) is 2.74. The summed E-state index contributed by atoms with van der Waals surface area (Å²) >= 11 is 1.74. The van der Waals surface area contributed by atoms with Gasteiger partial charge >= 0.3 is 0 Å². The zero-order chi connectivity index (χ0) is 13.8. The summed E-state index contributed by atoms with van der Waals surface area (Å²) < 4.78 is 5.77. The predicted molar refractivity (Wildman–Crippen MR) is 79.7 cm³/mol. The van der Waals surface area contributed by atoms with Crippen LogP contribution in [0, 0.1) is 0 Å². The first-order chi connectivity index (χ1) is 9.83. The third kappa shape index (κ3) is 2.80. The fourth-order valence-electron chi connectivity index (χ4n) is 1.91. The molecule has 1 aromatic carbocycles. The Labute approximate surface area is 120 Å². The van der Waals surface area contributed by atoms with Crippen molar-refractivity contribution in [3.63, 3.8) is 0 Å². The number of anilines is 1. The Hall–Kier alpha value is -2.34. The first kappa shape index (κ1) is 12.7. The topological polar surface area (TPSA) is 76.8 Å². The summed E-state index contributed by atoms with van der Waals surface area (Å²) in [6.45, 7) is 0.651. The molecule has 0 radical (unpaired) electrons. The summed E-state index contributed by atoms with van der Waals surface area (Å²) in [5.41, 5.74) is 7.28. The Balaban J connectivity index is 1.67. The minimum atomic E-state index is 0.390. The number of benzene rings is 1. The lowest BCUT2D eigenvalue weighted by Gasteiger charge is -2.06.